The van der Waals surface area contributed by atoms with Crippen molar-refractivity contribution in [2.75, 3.05) is 5.32 Å². The van der Waals surface area contributed by atoms with E-state index < -0.39 is 12.2 Å². The van der Waals surface area contributed by atoms with Crippen LogP contribution in [-0.4, -0.2) is 22.3 Å². The summed E-state index contributed by atoms with van der Waals surface area (Å²) in [7, 11) is 0. The zero-order valence-corrected chi connectivity index (χ0v) is 18.8. The Balaban J connectivity index is 1.36. The number of carbonyl (C=O) groups is 1. The highest BCUT2D eigenvalue weighted by Gasteiger charge is 2.24. The van der Waals surface area contributed by atoms with Crippen molar-refractivity contribution in [3.8, 4) is 28.7 Å². The molecule has 2 N–H and O–H groups in total. The number of rotatable bonds is 7. The molecular formula is C28H22N2O5. The van der Waals surface area contributed by atoms with E-state index >= 15 is 0 Å². The SMILES string of the molecule is Cc1ccc2oc(-c3ccc(NC(=O)C(Oc4ccccc4)Oc4ccccc4)cc3O)nc2c1. The summed E-state index contributed by atoms with van der Waals surface area (Å²) in [5.74, 6) is 0.623. The normalized spacial score (nSPS) is 10.9. The van der Waals surface area contributed by atoms with Crippen molar-refractivity contribution in [1.82, 2.24) is 4.98 Å². The van der Waals surface area contributed by atoms with Crippen LogP contribution >= 0.6 is 0 Å². The largest absolute Gasteiger partial charge is 0.507 e. The van der Waals surface area contributed by atoms with Gasteiger partial charge in [-0.15, -0.1) is 0 Å². The van der Waals surface area contributed by atoms with Gasteiger partial charge in [-0.3, -0.25) is 4.79 Å². The van der Waals surface area contributed by atoms with Gasteiger partial charge in [-0.25, -0.2) is 4.98 Å². The molecule has 7 heteroatoms. The maximum Gasteiger partial charge on any atom is 0.321 e. The molecule has 5 aromatic rings. The molecule has 1 heterocycles. The van der Waals surface area contributed by atoms with Crippen molar-refractivity contribution in [3.05, 3.63) is 103 Å². The summed E-state index contributed by atoms with van der Waals surface area (Å²) >= 11 is 0. The number of aromatic nitrogens is 1. The van der Waals surface area contributed by atoms with Gasteiger partial charge in [0.15, 0.2) is 5.58 Å². The second-order valence-corrected chi connectivity index (χ2v) is 7.91. The number of fused-ring (bicyclic) bond motifs is 1. The van der Waals surface area contributed by atoms with Crippen LogP contribution < -0.4 is 14.8 Å². The number of hydrogen-bond donors (Lipinski definition) is 2. The third-order valence-corrected chi connectivity index (χ3v) is 5.23. The first-order valence-corrected chi connectivity index (χ1v) is 11.0. The molecule has 0 aliphatic rings. The Morgan fingerprint density at radius 2 is 1.54 bits per heavy atom. The fourth-order valence-electron chi connectivity index (χ4n) is 3.52. The summed E-state index contributed by atoms with van der Waals surface area (Å²) in [4.78, 5) is 17.5. The van der Waals surface area contributed by atoms with E-state index in [1.54, 1.807) is 60.7 Å². The Hall–Kier alpha value is -4.78. The minimum atomic E-state index is -1.26. The van der Waals surface area contributed by atoms with Crippen molar-refractivity contribution in [1.29, 1.82) is 0 Å². The minimum absolute atomic E-state index is 0.0874. The number of carbonyl (C=O) groups excluding carboxylic acids is 1. The number of aryl methyl sites for hydroxylation is 1. The molecule has 1 aromatic heterocycles. The van der Waals surface area contributed by atoms with Gasteiger partial charge < -0.3 is 24.3 Å². The molecule has 7 nitrogen and oxygen atoms in total. The number of amides is 1. The molecular weight excluding hydrogens is 444 g/mol. The second kappa shape index (κ2) is 9.61. The van der Waals surface area contributed by atoms with Crippen molar-refractivity contribution in [3.63, 3.8) is 0 Å². The van der Waals surface area contributed by atoms with Crippen LogP contribution in [0.25, 0.3) is 22.6 Å². The summed E-state index contributed by atoms with van der Waals surface area (Å²) < 4.78 is 17.4. The van der Waals surface area contributed by atoms with Gasteiger partial charge >= 0.3 is 12.2 Å². The van der Waals surface area contributed by atoms with Gasteiger partial charge in [0.25, 0.3) is 0 Å². The maximum absolute atomic E-state index is 13.1. The summed E-state index contributed by atoms with van der Waals surface area (Å²) in [6, 6.07) is 28.2. The number of ether oxygens (including phenoxy) is 2. The molecule has 0 fully saturated rings. The predicted molar refractivity (Wildman–Crippen MR) is 132 cm³/mol. The molecule has 0 atom stereocenters. The summed E-state index contributed by atoms with van der Waals surface area (Å²) in [5, 5.41) is 13.4. The second-order valence-electron chi connectivity index (χ2n) is 7.91. The lowest BCUT2D eigenvalue weighted by Gasteiger charge is -2.20. The monoisotopic (exact) mass is 466 g/mol. The highest BCUT2D eigenvalue weighted by Crippen LogP contribution is 2.33. The lowest BCUT2D eigenvalue weighted by Crippen LogP contribution is -2.38. The first-order valence-electron chi connectivity index (χ1n) is 11.0. The Kier molecular flexibility index (Phi) is 6.05. The predicted octanol–water partition coefficient (Wildman–Crippen LogP) is 5.93. The Bertz CT molecular complexity index is 1420. The smallest absolute Gasteiger partial charge is 0.321 e. The lowest BCUT2D eigenvalue weighted by molar-refractivity contribution is -0.134. The zero-order chi connectivity index (χ0) is 24.2. The van der Waals surface area contributed by atoms with Gasteiger partial charge in [-0.05, 0) is 61.0 Å². The zero-order valence-electron chi connectivity index (χ0n) is 18.8. The number of aromatic hydroxyl groups is 1. The Morgan fingerprint density at radius 3 is 2.17 bits per heavy atom. The summed E-state index contributed by atoms with van der Waals surface area (Å²) in [6.07, 6.45) is -1.26. The van der Waals surface area contributed by atoms with E-state index in [9.17, 15) is 9.90 Å². The molecule has 5 rings (SSSR count). The number of anilines is 1. The number of nitrogens with zero attached hydrogens (tertiary/aromatic N) is 1. The van der Waals surface area contributed by atoms with E-state index in [2.05, 4.69) is 10.3 Å². The van der Waals surface area contributed by atoms with Gasteiger partial charge in [0, 0.05) is 11.8 Å². The van der Waals surface area contributed by atoms with Crippen LogP contribution in [0.4, 0.5) is 5.69 Å². The van der Waals surface area contributed by atoms with Crippen LogP contribution in [0.3, 0.4) is 0 Å². The molecule has 0 saturated heterocycles. The van der Waals surface area contributed by atoms with Crippen LogP contribution in [0.5, 0.6) is 17.2 Å². The average molecular weight is 466 g/mol. The Morgan fingerprint density at radius 1 is 0.886 bits per heavy atom. The highest BCUT2D eigenvalue weighted by molar-refractivity contribution is 5.94. The van der Waals surface area contributed by atoms with Crippen LogP contribution in [0.2, 0.25) is 0 Å². The number of benzene rings is 4. The van der Waals surface area contributed by atoms with Crippen molar-refractivity contribution >= 4 is 22.7 Å². The van der Waals surface area contributed by atoms with E-state index in [-0.39, 0.29) is 5.75 Å². The number of para-hydroxylation sites is 2. The topological polar surface area (TPSA) is 93.8 Å². The minimum Gasteiger partial charge on any atom is -0.507 e. The molecule has 0 spiro atoms. The quantitative estimate of drug-likeness (QED) is 0.289. The van der Waals surface area contributed by atoms with Crippen LogP contribution in [0.15, 0.2) is 101 Å². The molecule has 0 aliphatic heterocycles. The van der Waals surface area contributed by atoms with E-state index in [4.69, 9.17) is 13.9 Å². The number of hydrogen-bond acceptors (Lipinski definition) is 6. The molecule has 0 saturated carbocycles. The Labute approximate surface area is 201 Å². The summed E-state index contributed by atoms with van der Waals surface area (Å²) in [5.41, 5.74) is 3.16. The van der Waals surface area contributed by atoms with Gasteiger partial charge in [0.1, 0.15) is 22.8 Å². The number of oxazole rings is 1. The van der Waals surface area contributed by atoms with E-state index in [0.29, 0.717) is 39.7 Å². The van der Waals surface area contributed by atoms with E-state index in [1.807, 2.05) is 37.3 Å². The molecule has 0 unspecified atom stereocenters. The first kappa shape index (κ1) is 22.0. The summed E-state index contributed by atoms with van der Waals surface area (Å²) in [6.45, 7) is 1.97. The fraction of sp³-hybridized carbons (Fsp3) is 0.0714. The van der Waals surface area contributed by atoms with Gasteiger partial charge in [-0.1, -0.05) is 42.5 Å². The van der Waals surface area contributed by atoms with Crippen LogP contribution in [-0.2, 0) is 4.79 Å². The molecule has 174 valence electrons. The molecule has 4 aromatic carbocycles. The number of phenols is 1. The van der Waals surface area contributed by atoms with Gasteiger partial charge in [-0.2, -0.15) is 0 Å². The first-order chi connectivity index (χ1) is 17.0. The van der Waals surface area contributed by atoms with Crippen molar-refractivity contribution in [2.24, 2.45) is 0 Å². The van der Waals surface area contributed by atoms with Crippen LogP contribution in [0.1, 0.15) is 5.56 Å². The maximum atomic E-state index is 13.1. The highest BCUT2D eigenvalue weighted by atomic mass is 16.7. The van der Waals surface area contributed by atoms with Gasteiger partial charge in [0.05, 0.1) is 5.56 Å². The van der Waals surface area contributed by atoms with E-state index in [1.165, 1.54) is 6.07 Å². The number of phenolic OH excluding ortho intramolecular Hbond substituents is 1. The third-order valence-electron chi connectivity index (χ3n) is 5.23. The number of nitrogens with one attached hydrogen (secondary N) is 1. The van der Waals surface area contributed by atoms with E-state index in [0.717, 1.165) is 5.56 Å². The lowest BCUT2D eigenvalue weighted by atomic mass is 10.1. The van der Waals surface area contributed by atoms with Crippen molar-refractivity contribution < 1.29 is 23.8 Å². The van der Waals surface area contributed by atoms with Crippen LogP contribution in [0, 0.1) is 6.92 Å². The third kappa shape index (κ3) is 5.09. The standard InChI is InChI=1S/C28H22N2O5/c1-18-12-15-25-23(16-18)30-27(35-25)22-14-13-19(17-24(22)31)29-26(32)28(33-20-8-4-2-5-9-20)34-21-10-6-3-7-11-21/h2-17,28,31H,1H3,(H,29,32). The average Bonchev–Trinajstić information content (AvgIpc) is 3.28. The molecule has 1 amide bonds. The molecule has 35 heavy (non-hydrogen) atoms. The molecule has 0 radical (unpaired) electrons. The van der Waals surface area contributed by atoms with Crippen molar-refractivity contribution in [2.45, 2.75) is 13.2 Å². The molecule has 0 aliphatic carbocycles. The molecule has 0 bridgehead atoms. The van der Waals surface area contributed by atoms with Gasteiger partial charge in [0.2, 0.25) is 5.89 Å². The fourth-order valence-corrected chi connectivity index (χ4v) is 3.52.